The number of hydrogen-bond donors (Lipinski definition) is 1. The molecule has 1 N–H and O–H groups in total. The number of nitrogens with zero attached hydrogens (tertiary/aromatic N) is 3. The van der Waals surface area contributed by atoms with E-state index in [1.807, 2.05) is 29.9 Å². The fourth-order valence-electron chi connectivity index (χ4n) is 4.62. The normalized spacial score (nSPS) is 15.7. The summed E-state index contributed by atoms with van der Waals surface area (Å²) >= 11 is 0. The molecular weight excluding hydrogens is 394 g/mol. The monoisotopic (exact) mass is 417 g/mol. The average Bonchev–Trinajstić information content (AvgIpc) is 3.34. The fraction of sp³-hybridized carbons (Fsp3) is 0.292. The summed E-state index contributed by atoms with van der Waals surface area (Å²) in [5, 5.41) is 14.8. The standard InChI is InChI=1S/C24H23N3O4/c1-24(2,3)21-8-16-14-5-6-31-22(14)15(13-10-25-26(4)11-13)7-17(16)19-9-20(28)18(23(29)30)12-27(19)21/h5-7,9-12,21H,8H2,1-4H3,(H,29,30)/t21-/m0/s1. The maximum Gasteiger partial charge on any atom is 0.341 e. The van der Waals surface area contributed by atoms with E-state index in [4.69, 9.17) is 4.42 Å². The molecule has 7 nitrogen and oxygen atoms in total. The first-order chi connectivity index (χ1) is 14.6. The summed E-state index contributed by atoms with van der Waals surface area (Å²) < 4.78 is 9.58. The molecule has 1 aliphatic rings. The van der Waals surface area contributed by atoms with Crippen LogP contribution >= 0.6 is 0 Å². The smallest absolute Gasteiger partial charge is 0.341 e. The molecule has 0 saturated heterocycles. The predicted octanol–water partition coefficient (Wildman–Crippen LogP) is 4.50. The van der Waals surface area contributed by atoms with E-state index >= 15 is 0 Å². The third kappa shape index (κ3) is 2.91. The lowest BCUT2D eigenvalue weighted by atomic mass is 9.77. The number of aryl methyl sites for hydroxylation is 1. The number of carboxylic acids is 1. The van der Waals surface area contributed by atoms with Crippen LogP contribution in [0.25, 0.3) is 33.4 Å². The van der Waals surface area contributed by atoms with Gasteiger partial charge in [0.15, 0.2) is 5.43 Å². The number of furan rings is 1. The van der Waals surface area contributed by atoms with Gasteiger partial charge < -0.3 is 14.1 Å². The van der Waals surface area contributed by atoms with Crippen molar-refractivity contribution in [3.05, 3.63) is 64.4 Å². The molecule has 7 heteroatoms. The van der Waals surface area contributed by atoms with Crippen LogP contribution in [-0.4, -0.2) is 25.4 Å². The molecule has 1 atom stereocenters. The van der Waals surface area contributed by atoms with Gasteiger partial charge in [0.2, 0.25) is 0 Å². The number of benzene rings is 1. The van der Waals surface area contributed by atoms with E-state index in [9.17, 15) is 14.7 Å². The molecule has 0 amide bonds. The second-order valence-corrected chi connectivity index (χ2v) is 9.25. The van der Waals surface area contributed by atoms with E-state index in [2.05, 4.69) is 25.9 Å². The highest BCUT2D eigenvalue weighted by Crippen LogP contribution is 2.47. The van der Waals surface area contributed by atoms with Crippen molar-refractivity contribution in [2.75, 3.05) is 0 Å². The summed E-state index contributed by atoms with van der Waals surface area (Å²) in [7, 11) is 1.86. The molecule has 3 aromatic heterocycles. The lowest BCUT2D eigenvalue weighted by Crippen LogP contribution is -2.32. The highest BCUT2D eigenvalue weighted by atomic mass is 16.4. The van der Waals surface area contributed by atoms with Gasteiger partial charge in [-0.15, -0.1) is 0 Å². The molecule has 0 radical (unpaired) electrons. The van der Waals surface area contributed by atoms with Gasteiger partial charge in [0.1, 0.15) is 11.1 Å². The number of aromatic carboxylic acids is 1. The van der Waals surface area contributed by atoms with Crippen molar-refractivity contribution in [2.24, 2.45) is 12.5 Å². The highest BCUT2D eigenvalue weighted by molar-refractivity contribution is 5.99. The minimum atomic E-state index is -1.21. The molecule has 0 fully saturated rings. The predicted molar refractivity (Wildman–Crippen MR) is 117 cm³/mol. The fourth-order valence-corrected chi connectivity index (χ4v) is 4.62. The van der Waals surface area contributed by atoms with Crippen molar-refractivity contribution in [1.82, 2.24) is 14.3 Å². The van der Waals surface area contributed by atoms with E-state index in [1.165, 1.54) is 12.3 Å². The first-order valence-corrected chi connectivity index (χ1v) is 10.2. The molecule has 31 heavy (non-hydrogen) atoms. The minimum Gasteiger partial charge on any atom is -0.477 e. The summed E-state index contributed by atoms with van der Waals surface area (Å²) in [4.78, 5) is 24.3. The Labute approximate surface area is 178 Å². The van der Waals surface area contributed by atoms with Gasteiger partial charge in [-0.1, -0.05) is 20.8 Å². The Morgan fingerprint density at radius 1 is 1.23 bits per heavy atom. The first-order valence-electron chi connectivity index (χ1n) is 10.2. The van der Waals surface area contributed by atoms with Gasteiger partial charge in [-0.05, 0) is 29.5 Å². The van der Waals surface area contributed by atoms with Gasteiger partial charge in [-0.25, -0.2) is 4.79 Å². The Kier molecular flexibility index (Phi) is 4.02. The van der Waals surface area contributed by atoms with E-state index in [-0.39, 0.29) is 17.0 Å². The maximum atomic E-state index is 12.6. The zero-order chi connectivity index (χ0) is 22.1. The minimum absolute atomic E-state index is 0.0176. The van der Waals surface area contributed by atoms with Gasteiger partial charge in [-0.2, -0.15) is 5.10 Å². The summed E-state index contributed by atoms with van der Waals surface area (Å²) in [5.74, 6) is -1.21. The Bertz CT molecular complexity index is 1420. The molecule has 1 aromatic carbocycles. The molecule has 158 valence electrons. The van der Waals surface area contributed by atoms with Gasteiger partial charge >= 0.3 is 5.97 Å². The van der Waals surface area contributed by atoms with Gasteiger partial charge in [0.25, 0.3) is 0 Å². The lowest BCUT2D eigenvalue weighted by molar-refractivity contribution is 0.0693. The number of hydrogen-bond acceptors (Lipinski definition) is 4. The molecule has 0 spiro atoms. The molecule has 0 aliphatic carbocycles. The third-order valence-electron chi connectivity index (χ3n) is 6.18. The Balaban J connectivity index is 1.87. The van der Waals surface area contributed by atoms with Crippen molar-refractivity contribution >= 4 is 16.9 Å². The molecule has 0 saturated carbocycles. The second kappa shape index (κ2) is 6.44. The highest BCUT2D eigenvalue weighted by Gasteiger charge is 2.35. The summed E-state index contributed by atoms with van der Waals surface area (Å²) in [6.45, 7) is 6.38. The topological polar surface area (TPSA) is 90.3 Å². The second-order valence-electron chi connectivity index (χ2n) is 9.25. The molecule has 0 unspecified atom stereocenters. The molecule has 4 heterocycles. The zero-order valence-corrected chi connectivity index (χ0v) is 17.8. The van der Waals surface area contributed by atoms with Crippen LogP contribution in [0.15, 0.2) is 52.3 Å². The zero-order valence-electron chi connectivity index (χ0n) is 17.8. The first kappa shape index (κ1) is 19.4. The van der Waals surface area contributed by atoms with E-state index < -0.39 is 11.4 Å². The maximum absolute atomic E-state index is 12.6. The van der Waals surface area contributed by atoms with E-state index in [0.29, 0.717) is 6.42 Å². The Morgan fingerprint density at radius 3 is 2.65 bits per heavy atom. The number of rotatable bonds is 2. The largest absolute Gasteiger partial charge is 0.477 e. The molecule has 4 aromatic rings. The van der Waals surface area contributed by atoms with Crippen LogP contribution in [0.4, 0.5) is 0 Å². The number of fused-ring (bicyclic) bond motifs is 5. The quantitative estimate of drug-likeness (QED) is 0.518. The van der Waals surface area contributed by atoms with Crippen LogP contribution in [0, 0.1) is 5.41 Å². The Morgan fingerprint density at radius 2 is 2.00 bits per heavy atom. The molecule has 1 aliphatic heterocycles. The Hall–Kier alpha value is -3.61. The van der Waals surface area contributed by atoms with Gasteiger partial charge in [-0.3, -0.25) is 9.48 Å². The van der Waals surface area contributed by atoms with Gasteiger partial charge in [0.05, 0.1) is 18.2 Å². The summed E-state index contributed by atoms with van der Waals surface area (Å²) in [6, 6.07) is 5.44. The van der Waals surface area contributed by atoms with Crippen LogP contribution in [0.2, 0.25) is 0 Å². The van der Waals surface area contributed by atoms with Crippen molar-refractivity contribution in [3.8, 4) is 22.4 Å². The van der Waals surface area contributed by atoms with Crippen molar-refractivity contribution < 1.29 is 14.3 Å². The van der Waals surface area contributed by atoms with Crippen LogP contribution < -0.4 is 5.43 Å². The van der Waals surface area contributed by atoms with Crippen LogP contribution in [0.1, 0.15) is 42.7 Å². The van der Waals surface area contributed by atoms with Gasteiger partial charge in [0, 0.05) is 53.6 Å². The molecular formula is C24H23N3O4. The lowest BCUT2D eigenvalue weighted by Gasteiger charge is -2.39. The van der Waals surface area contributed by atoms with Crippen molar-refractivity contribution in [2.45, 2.75) is 33.2 Å². The number of pyridine rings is 1. The van der Waals surface area contributed by atoms with E-state index in [0.717, 1.165) is 38.9 Å². The summed E-state index contributed by atoms with van der Waals surface area (Å²) in [5.41, 5.74) is 4.49. The van der Waals surface area contributed by atoms with Crippen molar-refractivity contribution in [3.63, 3.8) is 0 Å². The number of carboxylic acid groups (broad SMARTS) is 1. The third-order valence-corrected chi connectivity index (χ3v) is 6.18. The summed E-state index contributed by atoms with van der Waals surface area (Å²) in [6.07, 6.45) is 7.60. The number of aromatic nitrogens is 3. The molecule has 5 rings (SSSR count). The van der Waals surface area contributed by atoms with E-state index in [1.54, 1.807) is 17.1 Å². The van der Waals surface area contributed by atoms with Crippen LogP contribution in [0.5, 0.6) is 0 Å². The van der Waals surface area contributed by atoms with Crippen LogP contribution in [0.3, 0.4) is 0 Å². The molecule has 0 bridgehead atoms. The SMILES string of the molecule is Cn1cc(-c2cc3c(c4ccoc24)C[C@@H](C(C)(C)C)n2cc(C(=O)O)c(=O)cc2-3)cn1. The average molecular weight is 417 g/mol. The number of carbonyl (C=O) groups is 1. The van der Waals surface area contributed by atoms with Crippen molar-refractivity contribution in [1.29, 1.82) is 0 Å². The van der Waals surface area contributed by atoms with Crippen LogP contribution in [-0.2, 0) is 13.5 Å².